The number of hydrogen-bond donors (Lipinski definition) is 2. The third-order valence-corrected chi connectivity index (χ3v) is 5.14. The minimum atomic E-state index is -0.979. The first kappa shape index (κ1) is 22.5. The van der Waals surface area contributed by atoms with Gasteiger partial charge in [0.15, 0.2) is 0 Å². The number of piperidine rings is 1. The SMILES string of the molecule is CC(C)C(NC(=O)OC(C)(C)C)C(=O)N1CCC(O)(c2ccc(Cl)cc2)CC1. The molecule has 0 aromatic heterocycles. The molecule has 2 rings (SSSR count). The highest BCUT2D eigenvalue weighted by Gasteiger charge is 2.38. The maximum absolute atomic E-state index is 13.0. The van der Waals surface area contributed by atoms with Crippen LogP contribution in [0.3, 0.4) is 0 Å². The van der Waals surface area contributed by atoms with Crippen molar-refractivity contribution < 1.29 is 19.4 Å². The Morgan fingerprint density at radius 3 is 2.18 bits per heavy atom. The quantitative estimate of drug-likeness (QED) is 0.793. The molecule has 7 heteroatoms. The molecule has 1 saturated heterocycles. The molecule has 0 saturated carbocycles. The fourth-order valence-electron chi connectivity index (χ4n) is 3.29. The Balaban J connectivity index is 2.01. The highest BCUT2D eigenvalue weighted by Crippen LogP contribution is 2.33. The number of carbonyl (C=O) groups excluding carboxylic acids is 2. The first-order valence-electron chi connectivity index (χ1n) is 9.68. The molecule has 1 heterocycles. The molecule has 1 aromatic carbocycles. The number of alkyl carbamates (subject to hydrolysis) is 1. The fourth-order valence-corrected chi connectivity index (χ4v) is 3.42. The number of nitrogens with zero attached hydrogens (tertiary/aromatic N) is 1. The second kappa shape index (κ2) is 8.70. The van der Waals surface area contributed by atoms with E-state index >= 15 is 0 Å². The molecule has 156 valence electrons. The molecule has 1 aliphatic rings. The summed E-state index contributed by atoms with van der Waals surface area (Å²) in [6.45, 7) is 9.93. The van der Waals surface area contributed by atoms with Crippen molar-refractivity contribution in [2.45, 2.75) is 64.7 Å². The van der Waals surface area contributed by atoms with Gasteiger partial charge in [0.25, 0.3) is 0 Å². The molecule has 0 bridgehead atoms. The van der Waals surface area contributed by atoms with Crippen molar-refractivity contribution in [1.29, 1.82) is 0 Å². The van der Waals surface area contributed by atoms with Gasteiger partial charge in [-0.15, -0.1) is 0 Å². The monoisotopic (exact) mass is 410 g/mol. The summed E-state index contributed by atoms with van der Waals surface area (Å²) >= 11 is 5.93. The van der Waals surface area contributed by atoms with E-state index in [1.54, 1.807) is 37.8 Å². The highest BCUT2D eigenvalue weighted by molar-refractivity contribution is 6.30. The zero-order valence-electron chi connectivity index (χ0n) is 17.3. The number of carbonyl (C=O) groups is 2. The third kappa shape index (κ3) is 5.85. The van der Waals surface area contributed by atoms with Crippen molar-refractivity contribution in [3.05, 3.63) is 34.9 Å². The van der Waals surface area contributed by atoms with E-state index in [1.165, 1.54) is 0 Å². The highest BCUT2D eigenvalue weighted by atomic mass is 35.5. The first-order valence-corrected chi connectivity index (χ1v) is 10.1. The van der Waals surface area contributed by atoms with Gasteiger partial charge in [-0.05, 0) is 57.2 Å². The summed E-state index contributed by atoms with van der Waals surface area (Å²) in [7, 11) is 0. The molecule has 1 unspecified atom stereocenters. The van der Waals surface area contributed by atoms with Gasteiger partial charge in [-0.25, -0.2) is 4.79 Å². The number of amides is 2. The van der Waals surface area contributed by atoms with Crippen LogP contribution in [0.15, 0.2) is 24.3 Å². The van der Waals surface area contributed by atoms with Crippen LogP contribution < -0.4 is 5.32 Å². The summed E-state index contributed by atoms with van der Waals surface area (Å²) < 4.78 is 5.28. The van der Waals surface area contributed by atoms with Gasteiger partial charge in [0, 0.05) is 18.1 Å². The second-order valence-corrected chi connectivity index (χ2v) is 9.17. The minimum Gasteiger partial charge on any atom is -0.444 e. The Hall–Kier alpha value is -1.79. The first-order chi connectivity index (χ1) is 12.9. The van der Waals surface area contributed by atoms with Crippen LogP contribution in [-0.4, -0.2) is 46.7 Å². The second-order valence-electron chi connectivity index (χ2n) is 8.73. The van der Waals surface area contributed by atoms with Crippen molar-refractivity contribution in [3.63, 3.8) is 0 Å². The average Bonchev–Trinajstić information content (AvgIpc) is 2.58. The maximum Gasteiger partial charge on any atom is 0.408 e. The number of hydrogen-bond acceptors (Lipinski definition) is 4. The van der Waals surface area contributed by atoms with E-state index in [0.717, 1.165) is 5.56 Å². The Morgan fingerprint density at radius 2 is 1.71 bits per heavy atom. The lowest BCUT2D eigenvalue weighted by atomic mass is 9.84. The predicted molar refractivity (Wildman–Crippen MR) is 109 cm³/mol. The number of rotatable bonds is 4. The van der Waals surface area contributed by atoms with E-state index < -0.39 is 23.3 Å². The molecular formula is C21H31ClN2O4. The molecule has 0 aliphatic carbocycles. The predicted octanol–water partition coefficient (Wildman–Crippen LogP) is 3.70. The summed E-state index contributed by atoms with van der Waals surface area (Å²) in [6, 6.07) is 6.48. The lowest BCUT2D eigenvalue weighted by Gasteiger charge is -2.40. The number of likely N-dealkylation sites (tertiary alicyclic amines) is 1. The Bertz CT molecular complexity index is 689. The third-order valence-electron chi connectivity index (χ3n) is 4.89. The zero-order valence-corrected chi connectivity index (χ0v) is 18.0. The number of nitrogens with one attached hydrogen (secondary N) is 1. The van der Waals surface area contributed by atoms with Crippen LogP contribution in [0.2, 0.25) is 5.02 Å². The van der Waals surface area contributed by atoms with Crippen LogP contribution in [0.1, 0.15) is 53.0 Å². The van der Waals surface area contributed by atoms with Gasteiger partial charge < -0.3 is 20.1 Å². The van der Waals surface area contributed by atoms with Gasteiger partial charge in [0.1, 0.15) is 11.6 Å². The number of halogens is 1. The molecule has 0 radical (unpaired) electrons. The summed E-state index contributed by atoms with van der Waals surface area (Å²) in [4.78, 5) is 26.8. The fraction of sp³-hybridized carbons (Fsp3) is 0.619. The average molecular weight is 411 g/mol. The van der Waals surface area contributed by atoms with Gasteiger partial charge >= 0.3 is 6.09 Å². The molecule has 2 amide bonds. The van der Waals surface area contributed by atoms with Gasteiger partial charge in [-0.2, -0.15) is 0 Å². The van der Waals surface area contributed by atoms with Crippen LogP contribution in [0.25, 0.3) is 0 Å². The minimum absolute atomic E-state index is 0.0860. The Morgan fingerprint density at radius 1 is 1.18 bits per heavy atom. The van der Waals surface area contributed by atoms with Crippen molar-refractivity contribution in [2.75, 3.05) is 13.1 Å². The molecule has 1 aliphatic heterocycles. The van der Waals surface area contributed by atoms with Crippen LogP contribution in [0.5, 0.6) is 0 Å². The summed E-state index contributed by atoms with van der Waals surface area (Å²) in [5.41, 5.74) is -0.807. The summed E-state index contributed by atoms with van der Waals surface area (Å²) in [6.07, 6.45) is 0.254. The number of ether oxygens (including phenoxy) is 1. The lowest BCUT2D eigenvalue weighted by Crippen LogP contribution is -2.55. The van der Waals surface area contributed by atoms with Gasteiger partial charge in [-0.1, -0.05) is 37.6 Å². The van der Waals surface area contributed by atoms with E-state index in [1.807, 2.05) is 26.0 Å². The van der Waals surface area contributed by atoms with Gasteiger partial charge in [-0.3, -0.25) is 4.79 Å². The van der Waals surface area contributed by atoms with E-state index in [4.69, 9.17) is 16.3 Å². The molecule has 6 nitrogen and oxygen atoms in total. The standard InChI is InChI=1S/C21H31ClN2O4/c1-14(2)17(23-19(26)28-20(3,4)5)18(25)24-12-10-21(27,11-13-24)15-6-8-16(22)9-7-15/h6-9,14,17,27H,10-13H2,1-5H3,(H,23,26). The van der Waals surface area contributed by atoms with E-state index in [9.17, 15) is 14.7 Å². The normalized spacial score (nSPS) is 17.9. The van der Waals surface area contributed by atoms with Crippen LogP contribution in [-0.2, 0) is 15.1 Å². The lowest BCUT2D eigenvalue weighted by molar-refractivity contribution is -0.139. The number of benzene rings is 1. The van der Waals surface area contributed by atoms with Crippen LogP contribution >= 0.6 is 11.6 Å². The van der Waals surface area contributed by atoms with Crippen molar-refractivity contribution in [3.8, 4) is 0 Å². The number of aliphatic hydroxyl groups is 1. The molecule has 2 N–H and O–H groups in total. The largest absolute Gasteiger partial charge is 0.444 e. The maximum atomic E-state index is 13.0. The molecule has 1 atom stereocenters. The summed E-state index contributed by atoms with van der Waals surface area (Å²) in [5, 5.41) is 14.3. The topological polar surface area (TPSA) is 78.9 Å². The Kier molecular flexibility index (Phi) is 6.99. The molecular weight excluding hydrogens is 380 g/mol. The molecule has 1 fully saturated rings. The van der Waals surface area contributed by atoms with E-state index in [-0.39, 0.29) is 11.8 Å². The molecule has 1 aromatic rings. The Labute approximate surface area is 172 Å². The molecule has 28 heavy (non-hydrogen) atoms. The summed E-state index contributed by atoms with van der Waals surface area (Å²) in [5.74, 6) is -0.240. The van der Waals surface area contributed by atoms with Crippen LogP contribution in [0.4, 0.5) is 4.79 Å². The van der Waals surface area contributed by atoms with Crippen molar-refractivity contribution in [2.24, 2.45) is 5.92 Å². The van der Waals surface area contributed by atoms with Crippen molar-refractivity contribution in [1.82, 2.24) is 10.2 Å². The zero-order chi connectivity index (χ0) is 21.1. The molecule has 0 spiro atoms. The van der Waals surface area contributed by atoms with E-state index in [2.05, 4.69) is 5.32 Å². The van der Waals surface area contributed by atoms with E-state index in [0.29, 0.717) is 31.0 Å². The van der Waals surface area contributed by atoms with Crippen molar-refractivity contribution >= 4 is 23.6 Å². The van der Waals surface area contributed by atoms with Gasteiger partial charge in [0.2, 0.25) is 5.91 Å². The van der Waals surface area contributed by atoms with Gasteiger partial charge in [0.05, 0.1) is 5.60 Å². The smallest absolute Gasteiger partial charge is 0.408 e. The van der Waals surface area contributed by atoms with Crippen LogP contribution in [0, 0.1) is 5.92 Å².